The normalized spacial score (nSPS) is 21.5. The highest BCUT2D eigenvalue weighted by Gasteiger charge is 2.53. The Balaban J connectivity index is 1.86. The van der Waals surface area contributed by atoms with Crippen LogP contribution in [-0.4, -0.2) is 29.9 Å². The quantitative estimate of drug-likeness (QED) is 0.183. The fraction of sp³-hybridized carbons (Fsp3) is 0.957. The minimum atomic E-state index is -1.30. The van der Waals surface area contributed by atoms with Crippen molar-refractivity contribution in [1.29, 1.82) is 0 Å². The number of hydrogen-bond donors (Lipinski definition) is 0. The van der Waals surface area contributed by atoms with E-state index in [0.29, 0.717) is 12.8 Å². The van der Waals surface area contributed by atoms with Gasteiger partial charge in [-0.25, -0.2) is 9.78 Å². The molecule has 0 aliphatic carbocycles. The minimum absolute atomic E-state index is 0.339. The Morgan fingerprint density at radius 3 is 1.12 bits per heavy atom. The maximum atomic E-state index is 12.0. The van der Waals surface area contributed by atoms with Gasteiger partial charge in [-0.05, 0) is 47.6 Å². The summed E-state index contributed by atoms with van der Waals surface area (Å²) in [7, 11) is 0. The zero-order valence-corrected chi connectivity index (χ0v) is 22.6. The number of hydrogen-bond acceptors (Lipinski definition) is 11. The van der Waals surface area contributed by atoms with E-state index in [1.54, 1.807) is 0 Å². The minimum Gasteiger partial charge on any atom is -0.226 e. The van der Waals surface area contributed by atoms with Crippen LogP contribution in [0.5, 0.6) is 0 Å². The molecule has 11 heteroatoms. The van der Waals surface area contributed by atoms with Crippen LogP contribution in [0.4, 0.5) is 4.79 Å². The molecule has 2 heterocycles. The van der Waals surface area contributed by atoms with E-state index in [4.69, 9.17) is 39.4 Å². The third-order valence-corrected chi connectivity index (χ3v) is 7.06. The molecule has 2 aliphatic rings. The van der Waals surface area contributed by atoms with Crippen LogP contribution in [0.25, 0.3) is 0 Å². The van der Waals surface area contributed by atoms with E-state index >= 15 is 0 Å². The van der Waals surface area contributed by atoms with Gasteiger partial charge in [0, 0.05) is 10.8 Å². The molecule has 2 rings (SSSR count). The summed E-state index contributed by atoms with van der Waals surface area (Å²) in [5.41, 5.74) is -3.25. The molecule has 11 nitrogen and oxygen atoms in total. The van der Waals surface area contributed by atoms with Crippen LogP contribution >= 0.6 is 0 Å². The van der Waals surface area contributed by atoms with E-state index in [1.165, 1.54) is 0 Å². The first-order valence-electron chi connectivity index (χ1n) is 11.5. The molecular formula is C23H42O11. The van der Waals surface area contributed by atoms with Crippen LogP contribution in [0, 0.1) is 21.7 Å². The number of carbonyl (C=O) groups is 1. The van der Waals surface area contributed by atoms with Gasteiger partial charge in [-0.2, -0.15) is 34.1 Å². The molecule has 2 atom stereocenters. The number of rotatable bonds is 12. The molecule has 2 unspecified atom stereocenters. The van der Waals surface area contributed by atoms with Gasteiger partial charge in [-0.1, -0.05) is 69.2 Å². The monoisotopic (exact) mass is 494 g/mol. The molecule has 2 fully saturated rings. The van der Waals surface area contributed by atoms with E-state index in [1.807, 2.05) is 83.1 Å². The second kappa shape index (κ2) is 9.78. The summed E-state index contributed by atoms with van der Waals surface area (Å²) < 4.78 is 0. The van der Waals surface area contributed by atoms with Crippen LogP contribution in [0.3, 0.4) is 0 Å². The lowest BCUT2D eigenvalue weighted by Crippen LogP contribution is -2.47. The first-order chi connectivity index (χ1) is 15.2. The highest BCUT2D eigenvalue weighted by molar-refractivity contribution is 5.57. The van der Waals surface area contributed by atoms with Gasteiger partial charge in [0.2, 0.25) is 12.6 Å². The molecule has 0 aromatic rings. The molecule has 0 N–H and O–H groups in total. The van der Waals surface area contributed by atoms with E-state index < -0.39 is 17.4 Å². The van der Waals surface area contributed by atoms with Crippen molar-refractivity contribution >= 4 is 6.16 Å². The molecule has 0 spiro atoms. The van der Waals surface area contributed by atoms with Crippen LogP contribution in [0.15, 0.2) is 0 Å². The lowest BCUT2D eigenvalue weighted by Gasteiger charge is -2.43. The molecule has 0 amide bonds. The Hall–Kier alpha value is -1.05. The lowest BCUT2D eigenvalue weighted by molar-refractivity contribution is -0.565. The molecule has 0 aromatic carbocycles. The fourth-order valence-electron chi connectivity index (χ4n) is 3.57. The maximum Gasteiger partial charge on any atom is 0.577 e. The van der Waals surface area contributed by atoms with Gasteiger partial charge in [-0.15, -0.1) is 0 Å². The third-order valence-electron chi connectivity index (χ3n) is 7.06. The summed E-state index contributed by atoms with van der Waals surface area (Å²) in [6, 6.07) is 0. The molecule has 200 valence electrons. The average Bonchev–Trinajstić information content (AvgIpc) is 3.52. The van der Waals surface area contributed by atoms with Crippen molar-refractivity contribution in [2.75, 3.05) is 0 Å². The van der Waals surface area contributed by atoms with Gasteiger partial charge in [-0.3, -0.25) is 0 Å². The highest BCUT2D eigenvalue weighted by atomic mass is 17.6. The van der Waals surface area contributed by atoms with Crippen molar-refractivity contribution in [3.63, 3.8) is 0 Å². The van der Waals surface area contributed by atoms with Crippen LogP contribution in [-0.2, 0) is 49.2 Å². The van der Waals surface area contributed by atoms with Gasteiger partial charge < -0.3 is 0 Å². The average molecular weight is 495 g/mol. The smallest absolute Gasteiger partial charge is 0.226 e. The second-order valence-electron chi connectivity index (χ2n) is 13.1. The molecule has 0 radical (unpaired) electrons. The van der Waals surface area contributed by atoms with Crippen molar-refractivity contribution in [2.45, 2.75) is 120 Å². The van der Waals surface area contributed by atoms with Gasteiger partial charge in [0.05, 0.1) is 0 Å². The van der Waals surface area contributed by atoms with E-state index in [0.717, 1.165) is 0 Å². The summed E-state index contributed by atoms with van der Waals surface area (Å²) in [6.07, 6.45) is -1.00. The summed E-state index contributed by atoms with van der Waals surface area (Å²) in [5, 5.41) is 9.56. The Morgan fingerprint density at radius 2 is 0.882 bits per heavy atom. The fourth-order valence-corrected chi connectivity index (χ4v) is 3.57. The standard InChI is InChI=1S/C23H42O11/c1-18(2,3)22(11,13-20(7,8)15-25-26-15)31-33-29-17(24)30-34-32-23(12,19(4,5)6)14-21(9,10)16-27-28-16/h15-16H,13-14H2,1-12H3. The van der Waals surface area contributed by atoms with E-state index in [2.05, 4.69) is 9.78 Å². The first kappa shape index (κ1) is 29.2. The Bertz CT molecular complexity index is 643. The van der Waals surface area contributed by atoms with E-state index in [9.17, 15) is 4.79 Å². The maximum absolute atomic E-state index is 12.0. The van der Waals surface area contributed by atoms with Crippen molar-refractivity contribution in [2.24, 2.45) is 21.7 Å². The van der Waals surface area contributed by atoms with Gasteiger partial charge in [0.25, 0.3) is 0 Å². The largest absolute Gasteiger partial charge is 0.577 e. The van der Waals surface area contributed by atoms with Crippen molar-refractivity contribution in [3.05, 3.63) is 0 Å². The summed E-state index contributed by atoms with van der Waals surface area (Å²) in [5.74, 6) is 0. The molecular weight excluding hydrogens is 452 g/mol. The van der Waals surface area contributed by atoms with Crippen molar-refractivity contribution in [3.8, 4) is 0 Å². The summed E-state index contributed by atoms with van der Waals surface area (Å²) in [4.78, 5) is 52.1. The molecule has 2 saturated heterocycles. The zero-order chi connectivity index (χ0) is 26.2. The van der Waals surface area contributed by atoms with Crippen molar-refractivity contribution in [1.82, 2.24) is 0 Å². The molecule has 0 bridgehead atoms. The summed E-state index contributed by atoms with van der Waals surface area (Å²) in [6.45, 7) is 23.5. The lowest BCUT2D eigenvalue weighted by atomic mass is 9.69. The van der Waals surface area contributed by atoms with Crippen LogP contribution in [0.2, 0.25) is 0 Å². The molecule has 34 heavy (non-hydrogen) atoms. The molecule has 0 aromatic heterocycles. The Kier molecular flexibility index (Phi) is 8.39. The number of carbonyl (C=O) groups excluding carboxylic acids is 1. The molecule has 0 saturated carbocycles. The third kappa shape index (κ3) is 7.47. The predicted molar refractivity (Wildman–Crippen MR) is 116 cm³/mol. The zero-order valence-electron chi connectivity index (χ0n) is 22.6. The van der Waals surface area contributed by atoms with Crippen molar-refractivity contribution < 1.29 is 54.0 Å². The SMILES string of the molecule is CC(C)(CC(C)(OOOC(=O)OOOC(C)(CC(C)(C)C1OO1)C(C)(C)C)C(C)(C)C)C1OO1. The van der Waals surface area contributed by atoms with Crippen LogP contribution < -0.4 is 0 Å². The van der Waals surface area contributed by atoms with Crippen LogP contribution in [0.1, 0.15) is 95.9 Å². The van der Waals surface area contributed by atoms with Gasteiger partial charge in [0.1, 0.15) is 11.2 Å². The van der Waals surface area contributed by atoms with E-state index in [-0.39, 0.29) is 34.2 Å². The summed E-state index contributed by atoms with van der Waals surface area (Å²) >= 11 is 0. The predicted octanol–water partition coefficient (Wildman–Crippen LogP) is 5.88. The first-order valence-corrected chi connectivity index (χ1v) is 11.5. The molecule has 2 aliphatic heterocycles. The Morgan fingerprint density at radius 1 is 0.588 bits per heavy atom. The van der Waals surface area contributed by atoms with Gasteiger partial charge in [0.15, 0.2) is 0 Å². The van der Waals surface area contributed by atoms with Gasteiger partial charge >= 0.3 is 6.16 Å². The topological polar surface area (TPSA) is 123 Å². The highest BCUT2D eigenvalue weighted by Crippen LogP contribution is 2.48. The second-order valence-corrected chi connectivity index (χ2v) is 13.1. The Labute approximate surface area is 202 Å².